The Morgan fingerprint density at radius 2 is 1.90 bits per heavy atom. The van der Waals surface area contributed by atoms with Crippen molar-refractivity contribution < 1.29 is 23.5 Å². The van der Waals surface area contributed by atoms with Crippen molar-refractivity contribution >= 4 is 12.1 Å². The number of aryl methyl sites for hydroxylation is 1. The molecule has 6 heteroatoms. The highest BCUT2D eigenvalue weighted by atomic mass is 16.6. The molecule has 0 unspecified atom stereocenters. The van der Waals surface area contributed by atoms with Crippen LogP contribution in [0, 0.1) is 6.92 Å². The van der Waals surface area contributed by atoms with Gasteiger partial charge in [0.15, 0.2) is 0 Å². The summed E-state index contributed by atoms with van der Waals surface area (Å²) >= 11 is 0. The zero-order valence-corrected chi connectivity index (χ0v) is 12.2. The van der Waals surface area contributed by atoms with Crippen LogP contribution >= 0.6 is 0 Å². The molecule has 112 valence electrons. The molecule has 6 nitrogen and oxygen atoms in total. The summed E-state index contributed by atoms with van der Waals surface area (Å²) < 4.78 is 15.2. The molecule has 1 amide bonds. The topological polar surface area (TPSA) is 69.0 Å². The summed E-state index contributed by atoms with van der Waals surface area (Å²) in [5.74, 6) is 1.13. The molecule has 1 rings (SSSR count). The molecule has 0 atom stereocenters. The fraction of sp³-hybridized carbons (Fsp3) is 0.571. The SMILES string of the molecule is CCOC(=O)CN(CCc1ccc(C)o1)C(=O)OCC. The lowest BCUT2D eigenvalue weighted by atomic mass is 10.3. The van der Waals surface area contributed by atoms with E-state index in [2.05, 4.69) is 0 Å². The Labute approximate surface area is 118 Å². The highest BCUT2D eigenvalue weighted by Crippen LogP contribution is 2.08. The van der Waals surface area contributed by atoms with E-state index in [1.807, 2.05) is 19.1 Å². The van der Waals surface area contributed by atoms with Crippen molar-refractivity contribution in [3.8, 4) is 0 Å². The third kappa shape index (κ3) is 5.34. The van der Waals surface area contributed by atoms with Crippen LogP contribution in [0.2, 0.25) is 0 Å². The third-order valence-corrected chi connectivity index (χ3v) is 2.58. The Balaban J connectivity index is 2.57. The predicted molar refractivity (Wildman–Crippen MR) is 72.4 cm³/mol. The van der Waals surface area contributed by atoms with Crippen molar-refractivity contribution in [2.45, 2.75) is 27.2 Å². The van der Waals surface area contributed by atoms with E-state index < -0.39 is 12.1 Å². The molecule has 0 saturated carbocycles. The van der Waals surface area contributed by atoms with Crippen LogP contribution in [0.15, 0.2) is 16.5 Å². The lowest BCUT2D eigenvalue weighted by molar-refractivity contribution is -0.144. The lowest BCUT2D eigenvalue weighted by Gasteiger charge is -2.20. The van der Waals surface area contributed by atoms with E-state index in [-0.39, 0.29) is 19.8 Å². The second-order valence-electron chi connectivity index (χ2n) is 4.19. The number of hydrogen-bond donors (Lipinski definition) is 0. The van der Waals surface area contributed by atoms with Crippen LogP contribution in [-0.2, 0) is 20.7 Å². The molecule has 0 N–H and O–H groups in total. The van der Waals surface area contributed by atoms with Gasteiger partial charge in [-0.2, -0.15) is 0 Å². The molecule has 0 spiro atoms. The maximum atomic E-state index is 11.8. The average molecular weight is 283 g/mol. The van der Waals surface area contributed by atoms with E-state index in [0.29, 0.717) is 13.0 Å². The summed E-state index contributed by atoms with van der Waals surface area (Å²) in [6.07, 6.45) is -0.00433. The molecule has 0 aliphatic rings. The number of rotatable bonds is 7. The van der Waals surface area contributed by atoms with Crippen molar-refractivity contribution in [1.82, 2.24) is 4.90 Å². The first-order valence-electron chi connectivity index (χ1n) is 6.69. The smallest absolute Gasteiger partial charge is 0.410 e. The van der Waals surface area contributed by atoms with Gasteiger partial charge in [0, 0.05) is 13.0 Å². The summed E-state index contributed by atoms with van der Waals surface area (Å²) in [6.45, 7) is 6.06. The molecule has 0 aliphatic carbocycles. The van der Waals surface area contributed by atoms with E-state index in [4.69, 9.17) is 13.9 Å². The Morgan fingerprint density at radius 3 is 2.45 bits per heavy atom. The second-order valence-corrected chi connectivity index (χ2v) is 4.19. The average Bonchev–Trinajstić information content (AvgIpc) is 2.81. The van der Waals surface area contributed by atoms with Gasteiger partial charge in [0.25, 0.3) is 0 Å². The van der Waals surface area contributed by atoms with Gasteiger partial charge in [-0.3, -0.25) is 9.69 Å². The van der Waals surface area contributed by atoms with Gasteiger partial charge in [0.05, 0.1) is 13.2 Å². The Morgan fingerprint density at radius 1 is 1.20 bits per heavy atom. The van der Waals surface area contributed by atoms with Crippen LogP contribution in [0.4, 0.5) is 4.79 Å². The first-order valence-corrected chi connectivity index (χ1v) is 6.69. The maximum Gasteiger partial charge on any atom is 0.410 e. The molecule has 0 radical (unpaired) electrons. The maximum absolute atomic E-state index is 11.8. The van der Waals surface area contributed by atoms with Crippen LogP contribution in [0.25, 0.3) is 0 Å². The zero-order valence-electron chi connectivity index (χ0n) is 12.2. The summed E-state index contributed by atoms with van der Waals surface area (Å²) in [6, 6.07) is 3.71. The zero-order chi connectivity index (χ0) is 15.0. The largest absolute Gasteiger partial charge is 0.466 e. The normalized spacial score (nSPS) is 10.2. The predicted octanol–water partition coefficient (Wildman–Crippen LogP) is 2.15. The Hall–Kier alpha value is -1.98. The van der Waals surface area contributed by atoms with Gasteiger partial charge in [-0.25, -0.2) is 4.79 Å². The first kappa shape index (κ1) is 16.1. The van der Waals surface area contributed by atoms with Crippen LogP contribution in [0.5, 0.6) is 0 Å². The van der Waals surface area contributed by atoms with Gasteiger partial charge in [-0.05, 0) is 32.9 Å². The number of esters is 1. The van der Waals surface area contributed by atoms with E-state index in [0.717, 1.165) is 11.5 Å². The molecule has 1 aromatic heterocycles. The molecule has 20 heavy (non-hydrogen) atoms. The quantitative estimate of drug-likeness (QED) is 0.717. The minimum atomic E-state index is -0.524. The van der Waals surface area contributed by atoms with Crippen molar-refractivity contribution in [2.75, 3.05) is 26.3 Å². The lowest BCUT2D eigenvalue weighted by Crippen LogP contribution is -2.38. The standard InChI is InChI=1S/C14H21NO5/c1-4-18-13(16)10-15(14(17)19-5-2)9-8-12-7-6-11(3)20-12/h6-7H,4-5,8-10H2,1-3H3. The summed E-state index contributed by atoms with van der Waals surface area (Å²) in [5.41, 5.74) is 0. The van der Waals surface area contributed by atoms with Gasteiger partial charge in [0.2, 0.25) is 0 Å². The molecule has 0 bridgehead atoms. The number of ether oxygens (including phenoxy) is 2. The Bertz CT molecular complexity index is 441. The summed E-state index contributed by atoms with van der Waals surface area (Å²) in [7, 11) is 0. The second kappa shape index (κ2) is 8.24. The molecule has 0 fully saturated rings. The molecule has 0 aromatic carbocycles. The number of nitrogens with zero attached hydrogens (tertiary/aromatic N) is 1. The molecular weight excluding hydrogens is 262 g/mol. The number of hydrogen-bond acceptors (Lipinski definition) is 5. The van der Waals surface area contributed by atoms with E-state index in [9.17, 15) is 9.59 Å². The van der Waals surface area contributed by atoms with Crippen LogP contribution in [-0.4, -0.2) is 43.3 Å². The molecule has 0 saturated heterocycles. The minimum Gasteiger partial charge on any atom is -0.466 e. The summed E-state index contributed by atoms with van der Waals surface area (Å²) in [4.78, 5) is 24.6. The molecule has 0 aliphatic heterocycles. The Kier molecular flexibility index (Phi) is 6.63. The highest BCUT2D eigenvalue weighted by Gasteiger charge is 2.19. The van der Waals surface area contributed by atoms with Crippen molar-refractivity contribution in [1.29, 1.82) is 0 Å². The fourth-order valence-electron chi connectivity index (χ4n) is 1.68. The van der Waals surface area contributed by atoms with Crippen molar-refractivity contribution in [3.63, 3.8) is 0 Å². The van der Waals surface area contributed by atoms with E-state index >= 15 is 0 Å². The van der Waals surface area contributed by atoms with Crippen molar-refractivity contribution in [2.24, 2.45) is 0 Å². The summed E-state index contributed by atoms with van der Waals surface area (Å²) in [5, 5.41) is 0. The number of carbonyl (C=O) groups is 2. The van der Waals surface area contributed by atoms with Crippen LogP contribution < -0.4 is 0 Å². The highest BCUT2D eigenvalue weighted by molar-refractivity contribution is 5.78. The van der Waals surface area contributed by atoms with Gasteiger partial charge >= 0.3 is 12.1 Å². The third-order valence-electron chi connectivity index (χ3n) is 2.58. The molecular formula is C14H21NO5. The van der Waals surface area contributed by atoms with Crippen molar-refractivity contribution in [3.05, 3.63) is 23.7 Å². The van der Waals surface area contributed by atoms with Gasteiger partial charge in [-0.1, -0.05) is 0 Å². The fourth-order valence-corrected chi connectivity index (χ4v) is 1.68. The molecule has 1 heterocycles. The van der Waals surface area contributed by atoms with Gasteiger partial charge in [0.1, 0.15) is 18.1 Å². The number of carbonyl (C=O) groups excluding carboxylic acids is 2. The minimum absolute atomic E-state index is 0.119. The first-order chi connectivity index (χ1) is 9.56. The number of furan rings is 1. The van der Waals surface area contributed by atoms with Gasteiger partial charge < -0.3 is 13.9 Å². The van der Waals surface area contributed by atoms with E-state index in [1.54, 1.807) is 13.8 Å². The van der Waals surface area contributed by atoms with Crippen LogP contribution in [0.3, 0.4) is 0 Å². The van der Waals surface area contributed by atoms with E-state index in [1.165, 1.54) is 4.90 Å². The number of amides is 1. The monoisotopic (exact) mass is 283 g/mol. The van der Waals surface area contributed by atoms with Gasteiger partial charge in [-0.15, -0.1) is 0 Å². The molecule has 1 aromatic rings. The van der Waals surface area contributed by atoms with Crippen LogP contribution in [0.1, 0.15) is 25.4 Å².